The van der Waals surface area contributed by atoms with Gasteiger partial charge in [-0.25, -0.2) is 0 Å². The first-order chi connectivity index (χ1) is 10.2. The molecule has 0 saturated carbocycles. The van der Waals surface area contributed by atoms with Gasteiger partial charge in [-0.15, -0.1) is 0 Å². The lowest BCUT2D eigenvalue weighted by atomic mass is 9.94. The van der Waals surface area contributed by atoms with Crippen molar-refractivity contribution < 1.29 is 4.79 Å². The highest BCUT2D eigenvalue weighted by Crippen LogP contribution is 2.21. The van der Waals surface area contributed by atoms with Crippen molar-refractivity contribution >= 4 is 5.91 Å². The van der Waals surface area contributed by atoms with Crippen molar-refractivity contribution in [3.8, 4) is 0 Å². The zero-order chi connectivity index (χ0) is 15.1. The van der Waals surface area contributed by atoms with E-state index in [9.17, 15) is 4.79 Å². The molecule has 0 radical (unpaired) electrons. The third kappa shape index (κ3) is 4.53. The van der Waals surface area contributed by atoms with Gasteiger partial charge in [-0.2, -0.15) is 0 Å². The summed E-state index contributed by atoms with van der Waals surface area (Å²) in [7, 11) is 0. The first kappa shape index (κ1) is 16.0. The maximum Gasteiger partial charge on any atom is 0.222 e. The van der Waals surface area contributed by atoms with Gasteiger partial charge in [0.05, 0.1) is 0 Å². The smallest absolute Gasteiger partial charge is 0.222 e. The number of hydrogen-bond donors (Lipinski definition) is 1. The Balaban J connectivity index is 1.84. The van der Waals surface area contributed by atoms with E-state index in [4.69, 9.17) is 5.73 Å². The molecule has 1 atom stereocenters. The highest BCUT2D eigenvalue weighted by atomic mass is 16.2. The molecule has 2 rings (SSSR count). The van der Waals surface area contributed by atoms with E-state index in [1.165, 1.54) is 18.4 Å². The van der Waals surface area contributed by atoms with Gasteiger partial charge in [-0.05, 0) is 36.9 Å². The number of carbonyl (C=O) groups is 1. The van der Waals surface area contributed by atoms with Crippen LogP contribution in [-0.2, 0) is 17.8 Å². The highest BCUT2D eigenvalue weighted by molar-refractivity contribution is 5.76. The van der Waals surface area contributed by atoms with Gasteiger partial charge >= 0.3 is 0 Å². The van der Waals surface area contributed by atoms with Gasteiger partial charge in [0.15, 0.2) is 0 Å². The van der Waals surface area contributed by atoms with Gasteiger partial charge in [-0.1, -0.05) is 25.8 Å². The maximum atomic E-state index is 12.4. The topological polar surface area (TPSA) is 59.2 Å². The average molecular weight is 289 g/mol. The van der Waals surface area contributed by atoms with Crippen LogP contribution in [0.25, 0.3) is 0 Å². The second-order valence-corrected chi connectivity index (χ2v) is 5.95. The van der Waals surface area contributed by atoms with Crippen molar-refractivity contribution in [2.24, 2.45) is 11.7 Å². The molecule has 4 heteroatoms. The van der Waals surface area contributed by atoms with Crippen molar-refractivity contribution in [3.63, 3.8) is 0 Å². The number of pyridine rings is 1. The Morgan fingerprint density at radius 1 is 1.43 bits per heavy atom. The number of aromatic nitrogens is 1. The number of hydrogen-bond acceptors (Lipinski definition) is 3. The minimum atomic E-state index is 0.280. The summed E-state index contributed by atoms with van der Waals surface area (Å²) in [6.45, 7) is 4.44. The Bertz CT molecular complexity index is 455. The predicted molar refractivity (Wildman–Crippen MR) is 84.7 cm³/mol. The summed E-state index contributed by atoms with van der Waals surface area (Å²) in [5.41, 5.74) is 8.00. The van der Waals surface area contributed by atoms with Crippen LogP contribution in [0.2, 0.25) is 0 Å². The van der Waals surface area contributed by atoms with Crippen LogP contribution >= 0.6 is 0 Å². The van der Waals surface area contributed by atoms with Crippen LogP contribution in [0.5, 0.6) is 0 Å². The molecule has 0 aromatic carbocycles. The molecule has 1 aliphatic heterocycles. The molecule has 21 heavy (non-hydrogen) atoms. The van der Waals surface area contributed by atoms with E-state index in [0.717, 1.165) is 44.6 Å². The molecule has 4 nitrogen and oxygen atoms in total. The van der Waals surface area contributed by atoms with Crippen LogP contribution in [0.15, 0.2) is 18.3 Å². The first-order valence-corrected chi connectivity index (χ1v) is 8.15. The lowest BCUT2D eigenvalue weighted by Gasteiger charge is -2.28. The van der Waals surface area contributed by atoms with E-state index in [1.54, 1.807) is 0 Å². The molecule has 116 valence electrons. The summed E-state index contributed by atoms with van der Waals surface area (Å²) in [6.07, 6.45) is 7.72. The summed E-state index contributed by atoms with van der Waals surface area (Å²) in [5, 5.41) is 0. The zero-order valence-electron chi connectivity index (χ0n) is 13.1. The Morgan fingerprint density at radius 3 is 3.05 bits per heavy atom. The molecule has 0 fully saturated rings. The summed E-state index contributed by atoms with van der Waals surface area (Å²) in [4.78, 5) is 18.8. The molecule has 1 aliphatic rings. The predicted octanol–water partition coefficient (Wildman–Crippen LogP) is 2.51. The van der Waals surface area contributed by atoms with E-state index in [0.29, 0.717) is 12.3 Å². The fraction of sp³-hybridized carbons (Fsp3) is 0.647. The quantitative estimate of drug-likeness (QED) is 0.839. The standard InChI is InChI=1S/C17H27N3O/c1-2-4-14(8-10-18)6-7-17(21)20-12-9-16-15(13-20)5-3-11-19-16/h3,5,11,14H,2,4,6-10,12-13,18H2,1H3. The SMILES string of the molecule is CCCC(CCN)CCC(=O)N1CCc2ncccc2C1. The van der Waals surface area contributed by atoms with E-state index < -0.39 is 0 Å². The third-order valence-corrected chi connectivity index (χ3v) is 4.36. The molecule has 2 N–H and O–H groups in total. The minimum Gasteiger partial charge on any atom is -0.338 e. The molecule has 0 bridgehead atoms. The van der Waals surface area contributed by atoms with Crippen LogP contribution in [-0.4, -0.2) is 28.9 Å². The Morgan fingerprint density at radius 2 is 2.29 bits per heavy atom. The lowest BCUT2D eigenvalue weighted by molar-refractivity contribution is -0.132. The molecule has 1 aromatic heterocycles. The molecular formula is C17H27N3O. The van der Waals surface area contributed by atoms with Gasteiger partial charge < -0.3 is 10.6 Å². The van der Waals surface area contributed by atoms with Crippen molar-refractivity contribution in [1.29, 1.82) is 0 Å². The van der Waals surface area contributed by atoms with Gasteiger partial charge in [0.2, 0.25) is 5.91 Å². The van der Waals surface area contributed by atoms with Crippen LogP contribution in [0.3, 0.4) is 0 Å². The van der Waals surface area contributed by atoms with Crippen molar-refractivity contribution in [1.82, 2.24) is 9.88 Å². The average Bonchev–Trinajstić information content (AvgIpc) is 2.52. The maximum absolute atomic E-state index is 12.4. The second kappa shape index (κ2) is 8.13. The largest absolute Gasteiger partial charge is 0.338 e. The van der Waals surface area contributed by atoms with Gasteiger partial charge in [0.1, 0.15) is 0 Å². The number of amides is 1. The van der Waals surface area contributed by atoms with Crippen LogP contribution in [0, 0.1) is 5.92 Å². The van der Waals surface area contributed by atoms with Crippen molar-refractivity contribution in [3.05, 3.63) is 29.6 Å². The fourth-order valence-electron chi connectivity index (χ4n) is 3.14. The number of carbonyl (C=O) groups excluding carboxylic acids is 1. The monoisotopic (exact) mass is 289 g/mol. The Labute approximate surface area is 127 Å². The molecule has 1 unspecified atom stereocenters. The van der Waals surface area contributed by atoms with Gasteiger partial charge in [-0.3, -0.25) is 9.78 Å². The van der Waals surface area contributed by atoms with Crippen molar-refractivity contribution in [2.45, 2.75) is 52.0 Å². The lowest BCUT2D eigenvalue weighted by Crippen LogP contribution is -2.36. The van der Waals surface area contributed by atoms with Gasteiger partial charge in [0.25, 0.3) is 0 Å². The number of nitrogens with two attached hydrogens (primary N) is 1. The van der Waals surface area contributed by atoms with E-state index >= 15 is 0 Å². The summed E-state index contributed by atoms with van der Waals surface area (Å²) >= 11 is 0. The normalized spacial score (nSPS) is 15.6. The molecule has 1 aromatic rings. The molecular weight excluding hydrogens is 262 g/mol. The second-order valence-electron chi connectivity index (χ2n) is 5.95. The van der Waals surface area contributed by atoms with Crippen LogP contribution in [0.1, 0.15) is 50.3 Å². The van der Waals surface area contributed by atoms with Crippen LogP contribution < -0.4 is 5.73 Å². The third-order valence-electron chi connectivity index (χ3n) is 4.36. The van der Waals surface area contributed by atoms with E-state index in [2.05, 4.69) is 18.0 Å². The minimum absolute atomic E-state index is 0.280. The molecule has 1 amide bonds. The van der Waals surface area contributed by atoms with Gasteiger partial charge in [0, 0.05) is 37.8 Å². The number of fused-ring (bicyclic) bond motifs is 1. The van der Waals surface area contributed by atoms with E-state index in [1.807, 2.05) is 17.2 Å². The first-order valence-electron chi connectivity index (χ1n) is 8.15. The fourth-order valence-corrected chi connectivity index (χ4v) is 3.14. The van der Waals surface area contributed by atoms with E-state index in [-0.39, 0.29) is 5.91 Å². The summed E-state index contributed by atoms with van der Waals surface area (Å²) in [6, 6.07) is 4.03. The molecule has 0 spiro atoms. The zero-order valence-corrected chi connectivity index (χ0v) is 13.1. The van der Waals surface area contributed by atoms with Crippen LogP contribution in [0.4, 0.5) is 0 Å². The molecule has 0 saturated heterocycles. The summed E-state index contributed by atoms with van der Waals surface area (Å²) in [5.74, 6) is 0.880. The Hall–Kier alpha value is -1.42. The number of rotatable bonds is 7. The molecule has 2 heterocycles. The summed E-state index contributed by atoms with van der Waals surface area (Å²) < 4.78 is 0. The highest BCUT2D eigenvalue weighted by Gasteiger charge is 2.21. The number of nitrogens with zero attached hydrogens (tertiary/aromatic N) is 2. The van der Waals surface area contributed by atoms with Crippen molar-refractivity contribution in [2.75, 3.05) is 13.1 Å². The molecule has 0 aliphatic carbocycles. The Kier molecular flexibility index (Phi) is 6.18.